The minimum Gasteiger partial charge on any atom is -0.461 e. The van der Waals surface area contributed by atoms with Crippen LogP contribution in [0.2, 0.25) is 0 Å². The van der Waals surface area contributed by atoms with E-state index < -0.39 is 21.8 Å². The van der Waals surface area contributed by atoms with Gasteiger partial charge in [0.25, 0.3) is 0 Å². The van der Waals surface area contributed by atoms with E-state index in [1.54, 1.807) is 32.6 Å². The topological polar surface area (TPSA) is 106 Å². The van der Waals surface area contributed by atoms with Gasteiger partial charge in [-0.2, -0.15) is 8.42 Å². The van der Waals surface area contributed by atoms with Crippen molar-refractivity contribution in [1.82, 2.24) is 9.21 Å². The molecule has 1 saturated heterocycles. The number of piperidine rings is 1. The summed E-state index contributed by atoms with van der Waals surface area (Å²) >= 11 is 0. The molecule has 0 aromatic rings. The quantitative estimate of drug-likeness (QED) is 0.667. The molecule has 0 radical (unpaired) electrons. The van der Waals surface area contributed by atoms with Gasteiger partial charge in [0.05, 0.1) is 12.3 Å². The lowest BCUT2D eigenvalue weighted by Crippen LogP contribution is -2.43. The van der Waals surface area contributed by atoms with Crippen molar-refractivity contribution in [1.29, 1.82) is 0 Å². The van der Waals surface area contributed by atoms with Gasteiger partial charge >= 0.3 is 22.3 Å². The third-order valence-electron chi connectivity index (χ3n) is 4.24. The van der Waals surface area contributed by atoms with E-state index in [4.69, 9.17) is 9.47 Å². The van der Waals surface area contributed by atoms with Crippen LogP contribution >= 0.6 is 0 Å². The van der Waals surface area contributed by atoms with E-state index in [1.807, 2.05) is 0 Å². The number of carbonyl (C=O) groups excluding carboxylic acids is 2. The molecule has 0 spiro atoms. The first-order valence-electron chi connectivity index (χ1n) is 8.90. The lowest BCUT2D eigenvalue weighted by atomic mass is 9.91. The summed E-state index contributed by atoms with van der Waals surface area (Å²) in [6.45, 7) is 8.06. The molecule has 1 fully saturated rings. The first kappa shape index (κ1) is 21.2. The summed E-state index contributed by atoms with van der Waals surface area (Å²) in [6, 6.07) is 0. The third-order valence-corrected chi connectivity index (χ3v) is 5.57. The standard InChI is InChI=1S/C17H27N3O6S/c1-6-25-15(21)14-11-13(18-27(23,24)19(14)5)12-7-9-20(10-8-12)16(22)26-17(2,3)4/h11-12H,6-10H2,1-5H3. The molecule has 0 saturated carbocycles. The molecule has 27 heavy (non-hydrogen) atoms. The van der Waals surface area contributed by atoms with Gasteiger partial charge in [-0.25, -0.2) is 13.9 Å². The summed E-state index contributed by atoms with van der Waals surface area (Å²) in [5.74, 6) is -0.876. The zero-order valence-electron chi connectivity index (χ0n) is 16.4. The Morgan fingerprint density at radius 3 is 2.37 bits per heavy atom. The van der Waals surface area contributed by atoms with E-state index in [2.05, 4.69) is 4.40 Å². The lowest BCUT2D eigenvalue weighted by Gasteiger charge is -2.34. The number of ether oxygens (including phenoxy) is 2. The maximum absolute atomic E-state index is 12.3. The predicted octanol–water partition coefficient (Wildman–Crippen LogP) is 1.71. The average molecular weight is 401 g/mol. The van der Waals surface area contributed by atoms with Crippen molar-refractivity contribution in [2.45, 2.75) is 46.1 Å². The van der Waals surface area contributed by atoms with Gasteiger partial charge in [-0.3, -0.25) is 0 Å². The number of nitrogens with zero attached hydrogens (tertiary/aromatic N) is 3. The van der Waals surface area contributed by atoms with Gasteiger partial charge in [-0.1, -0.05) is 0 Å². The second kappa shape index (κ2) is 7.87. The molecule has 0 N–H and O–H groups in total. The summed E-state index contributed by atoms with van der Waals surface area (Å²) in [7, 11) is -2.71. The fourth-order valence-electron chi connectivity index (χ4n) is 2.85. The molecule has 2 aliphatic heterocycles. The maximum atomic E-state index is 12.3. The Kier molecular flexibility index (Phi) is 6.18. The highest BCUT2D eigenvalue weighted by Crippen LogP contribution is 2.26. The van der Waals surface area contributed by atoms with E-state index in [1.165, 1.54) is 13.1 Å². The molecule has 1 amide bonds. The minimum atomic E-state index is -3.98. The Morgan fingerprint density at radius 1 is 1.26 bits per heavy atom. The Hall–Kier alpha value is -2.10. The van der Waals surface area contributed by atoms with Crippen molar-refractivity contribution in [3.63, 3.8) is 0 Å². The van der Waals surface area contributed by atoms with Crippen LogP contribution in [0.15, 0.2) is 16.2 Å². The number of amides is 1. The van der Waals surface area contributed by atoms with Crippen molar-refractivity contribution in [3.05, 3.63) is 11.8 Å². The van der Waals surface area contributed by atoms with E-state index in [0.29, 0.717) is 31.6 Å². The number of likely N-dealkylation sites (tertiary alicyclic amines) is 1. The fraction of sp³-hybridized carbons (Fsp3) is 0.706. The summed E-state index contributed by atoms with van der Waals surface area (Å²) < 4.78 is 39.5. The predicted molar refractivity (Wildman–Crippen MR) is 99.4 cm³/mol. The lowest BCUT2D eigenvalue weighted by molar-refractivity contribution is -0.139. The Balaban J connectivity index is 2.12. The van der Waals surface area contributed by atoms with Gasteiger partial charge < -0.3 is 14.4 Å². The van der Waals surface area contributed by atoms with Gasteiger partial charge in [-0.15, -0.1) is 4.40 Å². The monoisotopic (exact) mass is 401 g/mol. The molecular weight excluding hydrogens is 374 g/mol. The average Bonchev–Trinajstić information content (AvgIpc) is 2.56. The summed E-state index contributed by atoms with van der Waals surface area (Å²) in [4.78, 5) is 25.8. The number of likely N-dealkylation sites (N-methyl/N-ethyl adjacent to an activating group) is 1. The normalized spacial score (nSPS) is 20.6. The fourth-order valence-corrected chi connectivity index (χ4v) is 3.81. The number of rotatable bonds is 3. The number of hydrogen-bond acceptors (Lipinski definition) is 6. The number of esters is 1. The van der Waals surface area contributed by atoms with E-state index in [9.17, 15) is 18.0 Å². The van der Waals surface area contributed by atoms with Crippen molar-refractivity contribution in [3.8, 4) is 0 Å². The van der Waals surface area contributed by atoms with Crippen LogP contribution in [0.1, 0.15) is 40.5 Å². The van der Waals surface area contributed by atoms with Crippen molar-refractivity contribution in [2.75, 3.05) is 26.7 Å². The van der Waals surface area contributed by atoms with Crippen LogP contribution in [-0.4, -0.2) is 67.7 Å². The first-order chi connectivity index (χ1) is 12.4. The Labute approximate surface area is 160 Å². The maximum Gasteiger partial charge on any atom is 0.410 e. The highest BCUT2D eigenvalue weighted by atomic mass is 32.2. The Morgan fingerprint density at radius 2 is 1.85 bits per heavy atom. The minimum absolute atomic E-state index is 0.0589. The molecule has 0 bridgehead atoms. The van der Waals surface area contributed by atoms with E-state index in [-0.39, 0.29) is 24.3 Å². The molecule has 2 aliphatic rings. The van der Waals surface area contributed by atoms with Gasteiger partial charge in [0.1, 0.15) is 11.3 Å². The van der Waals surface area contributed by atoms with Gasteiger partial charge in [0.2, 0.25) is 0 Å². The van der Waals surface area contributed by atoms with Crippen LogP contribution in [0.5, 0.6) is 0 Å². The number of allylic oxidation sites excluding steroid dienone is 1. The van der Waals surface area contributed by atoms with Crippen molar-refractivity contribution >= 4 is 28.0 Å². The van der Waals surface area contributed by atoms with Gasteiger partial charge in [0.15, 0.2) is 0 Å². The Bertz CT molecular complexity index is 758. The second-order valence-electron chi connectivity index (χ2n) is 7.45. The van der Waals surface area contributed by atoms with Gasteiger partial charge in [0, 0.05) is 26.1 Å². The van der Waals surface area contributed by atoms with Crippen LogP contribution in [0, 0.1) is 5.92 Å². The molecule has 2 heterocycles. The molecule has 152 valence electrons. The zero-order valence-corrected chi connectivity index (χ0v) is 17.2. The van der Waals surface area contributed by atoms with Crippen LogP contribution in [0.4, 0.5) is 4.79 Å². The SMILES string of the molecule is CCOC(=O)C1=CC(C2CCN(C(=O)OC(C)(C)C)CC2)=NS(=O)(=O)N1C. The number of carbonyl (C=O) groups is 2. The molecular formula is C17H27N3O6S. The van der Waals surface area contributed by atoms with E-state index >= 15 is 0 Å². The third kappa shape index (κ3) is 5.21. The summed E-state index contributed by atoms with van der Waals surface area (Å²) in [6.07, 6.45) is 2.14. The largest absolute Gasteiger partial charge is 0.461 e. The summed E-state index contributed by atoms with van der Waals surface area (Å²) in [5, 5.41) is 0. The van der Waals surface area contributed by atoms with E-state index in [0.717, 1.165) is 4.31 Å². The highest BCUT2D eigenvalue weighted by molar-refractivity contribution is 7.88. The van der Waals surface area contributed by atoms with Crippen LogP contribution in [0.25, 0.3) is 0 Å². The molecule has 0 aromatic heterocycles. The van der Waals surface area contributed by atoms with Gasteiger partial charge in [-0.05, 0) is 46.6 Å². The summed E-state index contributed by atoms with van der Waals surface area (Å²) in [5.41, 5.74) is -0.312. The number of hydrogen-bond donors (Lipinski definition) is 0. The molecule has 0 aliphatic carbocycles. The van der Waals surface area contributed by atoms with Crippen LogP contribution in [-0.2, 0) is 24.5 Å². The van der Waals surface area contributed by atoms with Crippen molar-refractivity contribution < 1.29 is 27.5 Å². The molecule has 0 atom stereocenters. The van der Waals surface area contributed by atoms with Crippen molar-refractivity contribution in [2.24, 2.45) is 10.3 Å². The molecule has 10 heteroatoms. The van der Waals surface area contributed by atoms with Crippen LogP contribution in [0.3, 0.4) is 0 Å². The van der Waals surface area contributed by atoms with Crippen LogP contribution < -0.4 is 0 Å². The molecule has 9 nitrogen and oxygen atoms in total. The molecule has 2 rings (SSSR count). The zero-order chi connectivity index (χ0) is 20.4. The molecule has 0 unspecified atom stereocenters. The second-order valence-corrected chi connectivity index (χ2v) is 9.08. The highest BCUT2D eigenvalue weighted by Gasteiger charge is 2.35. The molecule has 0 aromatic carbocycles. The first-order valence-corrected chi connectivity index (χ1v) is 10.3. The smallest absolute Gasteiger partial charge is 0.410 e.